The predicted molar refractivity (Wildman–Crippen MR) is 40.0 cm³/mol. The van der Waals surface area contributed by atoms with Gasteiger partial charge in [-0.25, -0.2) is 0 Å². The highest BCUT2D eigenvalue weighted by atomic mass is 16.6. The van der Waals surface area contributed by atoms with Crippen LogP contribution in [0.2, 0.25) is 0 Å². The molecule has 1 saturated heterocycles. The Morgan fingerprint density at radius 2 is 2.10 bits per heavy atom. The highest BCUT2D eigenvalue weighted by Crippen LogP contribution is 2.15. The molecule has 0 saturated carbocycles. The highest BCUT2D eigenvalue weighted by Gasteiger charge is 2.23. The van der Waals surface area contributed by atoms with E-state index in [1.165, 1.54) is 0 Å². The molecule has 0 bridgehead atoms. The van der Waals surface area contributed by atoms with Crippen molar-refractivity contribution in [3.8, 4) is 0 Å². The van der Waals surface area contributed by atoms with E-state index in [0.717, 1.165) is 19.8 Å². The molecule has 0 N–H and O–H groups in total. The van der Waals surface area contributed by atoms with Crippen LogP contribution in [0.3, 0.4) is 0 Å². The van der Waals surface area contributed by atoms with E-state index in [-0.39, 0.29) is 5.41 Å². The summed E-state index contributed by atoms with van der Waals surface area (Å²) in [6.45, 7) is 9.00. The summed E-state index contributed by atoms with van der Waals surface area (Å²) in [6, 6.07) is 0. The molecule has 2 nitrogen and oxygen atoms in total. The van der Waals surface area contributed by atoms with Gasteiger partial charge in [-0.1, -0.05) is 20.8 Å². The topological polar surface area (TPSA) is 21.8 Å². The molecule has 1 atom stereocenters. The molecule has 1 rings (SSSR count). The summed E-state index contributed by atoms with van der Waals surface area (Å²) in [5.74, 6) is 0. The fraction of sp³-hybridized carbons (Fsp3) is 1.00. The SMILES string of the molecule is CC(C)(C)COC[C@H]1CO1. The molecule has 0 aromatic heterocycles. The van der Waals surface area contributed by atoms with Gasteiger partial charge in [-0.2, -0.15) is 0 Å². The fourth-order valence-corrected chi connectivity index (χ4v) is 0.661. The molecule has 1 aliphatic rings. The van der Waals surface area contributed by atoms with E-state index in [2.05, 4.69) is 20.8 Å². The zero-order chi connectivity index (χ0) is 7.61. The Kier molecular flexibility index (Phi) is 2.32. The molecule has 0 radical (unpaired) electrons. The first-order chi connectivity index (χ1) is 4.58. The third-order valence-electron chi connectivity index (χ3n) is 1.24. The second kappa shape index (κ2) is 2.89. The average molecular weight is 144 g/mol. The number of hydrogen-bond acceptors (Lipinski definition) is 2. The van der Waals surface area contributed by atoms with Crippen LogP contribution in [0.5, 0.6) is 0 Å². The minimum atomic E-state index is 0.287. The second-order valence-corrected chi connectivity index (χ2v) is 4.03. The van der Waals surface area contributed by atoms with E-state index < -0.39 is 0 Å². The molecule has 60 valence electrons. The lowest BCUT2D eigenvalue weighted by Gasteiger charge is -2.17. The number of ether oxygens (including phenoxy) is 2. The van der Waals surface area contributed by atoms with E-state index in [9.17, 15) is 0 Å². The zero-order valence-electron chi connectivity index (χ0n) is 7.02. The van der Waals surface area contributed by atoms with Gasteiger partial charge in [0.2, 0.25) is 0 Å². The lowest BCUT2D eigenvalue weighted by Crippen LogP contribution is -2.16. The maximum absolute atomic E-state index is 5.40. The third-order valence-corrected chi connectivity index (χ3v) is 1.24. The van der Waals surface area contributed by atoms with Crippen LogP contribution in [0, 0.1) is 5.41 Å². The van der Waals surface area contributed by atoms with Crippen molar-refractivity contribution in [2.75, 3.05) is 19.8 Å². The monoisotopic (exact) mass is 144 g/mol. The first kappa shape index (κ1) is 8.02. The fourth-order valence-electron chi connectivity index (χ4n) is 0.661. The molecule has 0 unspecified atom stereocenters. The molecule has 1 fully saturated rings. The largest absolute Gasteiger partial charge is 0.378 e. The van der Waals surface area contributed by atoms with Crippen LogP contribution < -0.4 is 0 Å². The molecule has 0 aliphatic carbocycles. The van der Waals surface area contributed by atoms with E-state index in [1.807, 2.05) is 0 Å². The lowest BCUT2D eigenvalue weighted by atomic mass is 9.99. The molecule has 0 spiro atoms. The van der Waals surface area contributed by atoms with Gasteiger partial charge in [-0.3, -0.25) is 0 Å². The Labute approximate surface area is 62.5 Å². The predicted octanol–water partition coefficient (Wildman–Crippen LogP) is 1.45. The first-order valence-electron chi connectivity index (χ1n) is 3.77. The molecular formula is C8H16O2. The Morgan fingerprint density at radius 1 is 1.50 bits per heavy atom. The van der Waals surface area contributed by atoms with Crippen molar-refractivity contribution >= 4 is 0 Å². The summed E-state index contributed by atoms with van der Waals surface area (Å²) in [5.41, 5.74) is 0.287. The summed E-state index contributed by atoms with van der Waals surface area (Å²) < 4.78 is 10.4. The average Bonchev–Trinajstić information content (AvgIpc) is 2.45. The Morgan fingerprint density at radius 3 is 2.50 bits per heavy atom. The van der Waals surface area contributed by atoms with Crippen LogP contribution in [0.15, 0.2) is 0 Å². The molecular weight excluding hydrogens is 128 g/mol. The Hall–Kier alpha value is -0.0800. The zero-order valence-corrected chi connectivity index (χ0v) is 7.02. The van der Waals surface area contributed by atoms with Crippen molar-refractivity contribution in [3.63, 3.8) is 0 Å². The van der Waals surface area contributed by atoms with Crippen LogP contribution >= 0.6 is 0 Å². The van der Waals surface area contributed by atoms with Gasteiger partial charge in [0.25, 0.3) is 0 Å². The molecule has 0 aromatic rings. The minimum absolute atomic E-state index is 0.287. The molecule has 1 aliphatic heterocycles. The lowest BCUT2D eigenvalue weighted by molar-refractivity contribution is 0.0607. The first-order valence-corrected chi connectivity index (χ1v) is 3.77. The maximum Gasteiger partial charge on any atom is 0.104 e. The third kappa shape index (κ3) is 3.85. The van der Waals surface area contributed by atoms with E-state index >= 15 is 0 Å². The summed E-state index contributed by atoms with van der Waals surface area (Å²) in [5, 5.41) is 0. The molecule has 10 heavy (non-hydrogen) atoms. The summed E-state index contributed by atoms with van der Waals surface area (Å²) in [6.07, 6.45) is 0.405. The van der Waals surface area contributed by atoms with Gasteiger partial charge in [-0.15, -0.1) is 0 Å². The van der Waals surface area contributed by atoms with Crippen molar-refractivity contribution in [1.29, 1.82) is 0 Å². The van der Waals surface area contributed by atoms with Gasteiger partial charge in [0.15, 0.2) is 0 Å². The van der Waals surface area contributed by atoms with Gasteiger partial charge in [0.05, 0.1) is 19.8 Å². The van der Waals surface area contributed by atoms with E-state index in [0.29, 0.717) is 6.10 Å². The minimum Gasteiger partial charge on any atom is -0.378 e. The quantitative estimate of drug-likeness (QED) is 0.559. The maximum atomic E-state index is 5.40. The van der Waals surface area contributed by atoms with Gasteiger partial charge >= 0.3 is 0 Å². The van der Waals surface area contributed by atoms with Crippen molar-refractivity contribution < 1.29 is 9.47 Å². The van der Waals surface area contributed by atoms with E-state index in [1.54, 1.807) is 0 Å². The van der Waals surface area contributed by atoms with E-state index in [4.69, 9.17) is 9.47 Å². The normalized spacial score (nSPS) is 24.9. The highest BCUT2D eigenvalue weighted by molar-refractivity contribution is 4.68. The van der Waals surface area contributed by atoms with Crippen molar-refractivity contribution in [3.05, 3.63) is 0 Å². The summed E-state index contributed by atoms with van der Waals surface area (Å²) in [7, 11) is 0. The van der Waals surface area contributed by atoms with Crippen LogP contribution in [0.25, 0.3) is 0 Å². The smallest absolute Gasteiger partial charge is 0.104 e. The van der Waals surface area contributed by atoms with Crippen LogP contribution in [-0.4, -0.2) is 25.9 Å². The van der Waals surface area contributed by atoms with Gasteiger partial charge in [-0.05, 0) is 5.41 Å². The molecule has 1 heterocycles. The molecule has 0 aromatic carbocycles. The van der Waals surface area contributed by atoms with Crippen LogP contribution in [-0.2, 0) is 9.47 Å². The number of hydrogen-bond donors (Lipinski definition) is 0. The second-order valence-electron chi connectivity index (χ2n) is 4.03. The van der Waals surface area contributed by atoms with Crippen molar-refractivity contribution in [1.82, 2.24) is 0 Å². The Balaban J connectivity index is 1.93. The van der Waals surface area contributed by atoms with Crippen molar-refractivity contribution in [2.45, 2.75) is 26.9 Å². The number of epoxide rings is 1. The van der Waals surface area contributed by atoms with Crippen molar-refractivity contribution in [2.24, 2.45) is 5.41 Å². The van der Waals surface area contributed by atoms with Crippen LogP contribution in [0.1, 0.15) is 20.8 Å². The molecule has 2 heteroatoms. The van der Waals surface area contributed by atoms with Crippen LogP contribution in [0.4, 0.5) is 0 Å². The van der Waals surface area contributed by atoms with Gasteiger partial charge in [0.1, 0.15) is 6.10 Å². The van der Waals surface area contributed by atoms with Gasteiger partial charge < -0.3 is 9.47 Å². The standard InChI is InChI=1S/C8H16O2/c1-8(2,3)6-9-4-7-5-10-7/h7H,4-6H2,1-3H3/t7-/m0/s1. The van der Waals surface area contributed by atoms with Gasteiger partial charge in [0, 0.05) is 0 Å². The Bertz CT molecular complexity index is 100. The summed E-state index contributed by atoms with van der Waals surface area (Å²) in [4.78, 5) is 0. The number of rotatable bonds is 3. The molecule has 0 amide bonds. The summed E-state index contributed by atoms with van der Waals surface area (Å²) >= 11 is 0.